The van der Waals surface area contributed by atoms with Gasteiger partial charge in [0.05, 0.1) is 6.13 Å². The van der Waals surface area contributed by atoms with Gasteiger partial charge in [-0.25, -0.2) is 4.39 Å². The van der Waals surface area contributed by atoms with Crippen LogP contribution in [-0.4, -0.2) is 37.1 Å². The van der Waals surface area contributed by atoms with Crippen LogP contribution in [0, 0.1) is 5.82 Å². The van der Waals surface area contributed by atoms with Gasteiger partial charge in [0, 0.05) is 18.1 Å². The van der Waals surface area contributed by atoms with Crippen molar-refractivity contribution in [2.75, 3.05) is 13.1 Å². The van der Waals surface area contributed by atoms with Crippen molar-refractivity contribution in [1.29, 1.82) is 0 Å². The lowest BCUT2D eigenvalue weighted by Crippen LogP contribution is -2.41. The molecule has 1 atom stereocenters. The molecule has 1 N–H and O–H groups in total. The summed E-state index contributed by atoms with van der Waals surface area (Å²) >= 11 is 6.07. The Morgan fingerprint density at radius 2 is 2.06 bits per heavy atom. The monoisotopic (exact) mass is 253 g/mol. The van der Waals surface area contributed by atoms with Crippen LogP contribution in [0.4, 0.5) is 4.39 Å². The highest BCUT2D eigenvalue weighted by molar-refractivity contribution is 6.31. The van der Waals surface area contributed by atoms with Crippen LogP contribution in [0.2, 0.25) is 5.02 Å². The summed E-state index contributed by atoms with van der Waals surface area (Å²) in [5.41, 5.74) is 0.859. The number of benzene rings is 1. The third kappa shape index (κ3) is 3.00. The quantitative estimate of drug-likeness (QED) is 0.816. The van der Waals surface area contributed by atoms with E-state index in [4.69, 9.17) is 19.4 Å². The maximum Gasteiger partial charge on any atom is 0.130 e. The van der Waals surface area contributed by atoms with Gasteiger partial charge in [0.1, 0.15) is 13.7 Å². The highest BCUT2D eigenvalue weighted by atomic mass is 35.5. The van der Waals surface area contributed by atoms with Crippen LogP contribution >= 0.6 is 11.6 Å². The molecular weight excluding hydrogens is 239 g/mol. The molecule has 1 aliphatic rings. The number of hydrogen-bond donors (Lipinski definition) is 1. The second-order valence-corrected chi connectivity index (χ2v) is 4.80. The number of rotatable bonds is 2. The molecule has 1 heterocycles. The maximum absolute atomic E-state index is 13.2. The molecule has 1 saturated heterocycles. The van der Waals surface area contributed by atoms with Crippen molar-refractivity contribution in [3.63, 3.8) is 0 Å². The van der Waals surface area contributed by atoms with Gasteiger partial charge in [-0.2, -0.15) is 0 Å². The summed E-state index contributed by atoms with van der Waals surface area (Å²) in [6, 6.07) is 4.46. The molecule has 17 heavy (non-hydrogen) atoms. The number of likely N-dealkylation sites (tertiary alicyclic amines) is 1. The third-order valence-corrected chi connectivity index (χ3v) is 3.65. The Bertz CT molecular complexity index is 394. The molecule has 1 aliphatic heterocycles. The van der Waals surface area contributed by atoms with Crippen LogP contribution in [0.15, 0.2) is 18.2 Å². The van der Waals surface area contributed by atoms with Gasteiger partial charge in [-0.1, -0.05) is 11.6 Å². The zero-order chi connectivity index (χ0) is 12.4. The van der Waals surface area contributed by atoms with Gasteiger partial charge in [0.2, 0.25) is 0 Å². The van der Waals surface area contributed by atoms with Crippen LogP contribution in [0.1, 0.15) is 24.3 Å². The molecule has 2 rings (SSSR count). The van der Waals surface area contributed by atoms with Gasteiger partial charge in [-0.15, -0.1) is 0 Å². The van der Waals surface area contributed by atoms with Crippen molar-refractivity contribution < 1.29 is 9.50 Å². The smallest absolute Gasteiger partial charge is 0.130 e. The van der Waals surface area contributed by atoms with Crippen LogP contribution < -0.4 is 0 Å². The highest BCUT2D eigenvalue weighted by Crippen LogP contribution is 2.33. The molecule has 1 aromatic rings. The van der Waals surface area contributed by atoms with Crippen LogP contribution in [-0.2, 0) is 0 Å². The number of halogens is 2. The molecule has 0 spiro atoms. The zero-order valence-electron chi connectivity index (χ0n) is 9.44. The van der Waals surface area contributed by atoms with E-state index >= 15 is 0 Å². The molecule has 1 unspecified atom stereocenters. The minimum absolute atomic E-state index is 0.244. The van der Waals surface area contributed by atoms with E-state index in [0.29, 0.717) is 18.1 Å². The Kier molecular flexibility index (Phi) is 4.07. The largest absolute Gasteiger partial charge is 0.388 e. The summed E-state index contributed by atoms with van der Waals surface area (Å²) in [6.07, 6.45) is 0.758. The van der Waals surface area contributed by atoms with E-state index in [1.165, 1.54) is 12.1 Å². The SMILES string of the molecule is [B]C(O)N1CCC(c2cc(F)ccc2Cl)CC1. The topological polar surface area (TPSA) is 23.5 Å². The fourth-order valence-corrected chi connectivity index (χ4v) is 2.57. The summed E-state index contributed by atoms with van der Waals surface area (Å²) in [7, 11) is 5.40. The molecular formula is C12H14BClFNO. The highest BCUT2D eigenvalue weighted by Gasteiger charge is 2.24. The fourth-order valence-electron chi connectivity index (χ4n) is 2.30. The Morgan fingerprint density at radius 3 is 2.65 bits per heavy atom. The van der Waals surface area contributed by atoms with Gasteiger partial charge >= 0.3 is 0 Å². The molecule has 5 heteroatoms. The van der Waals surface area contributed by atoms with Gasteiger partial charge in [0.15, 0.2) is 0 Å². The minimum atomic E-state index is -0.904. The number of nitrogens with zero attached hydrogens (tertiary/aromatic N) is 1. The number of piperidine rings is 1. The summed E-state index contributed by atoms with van der Waals surface area (Å²) in [4.78, 5) is 1.80. The molecule has 0 amide bonds. The normalized spacial score (nSPS) is 20.4. The first-order chi connectivity index (χ1) is 8.08. The summed E-state index contributed by atoms with van der Waals surface area (Å²) < 4.78 is 13.2. The lowest BCUT2D eigenvalue weighted by atomic mass is 9.88. The van der Waals surface area contributed by atoms with E-state index in [1.807, 2.05) is 0 Å². The predicted octanol–water partition coefficient (Wildman–Crippen LogP) is 2.10. The van der Waals surface area contributed by atoms with Gasteiger partial charge in [-0.3, -0.25) is 4.90 Å². The zero-order valence-corrected chi connectivity index (χ0v) is 10.2. The van der Waals surface area contributed by atoms with Crippen LogP contribution in [0.3, 0.4) is 0 Å². The first-order valence-electron chi connectivity index (χ1n) is 5.70. The molecule has 90 valence electrons. The number of aliphatic hydroxyl groups excluding tert-OH is 1. The molecule has 0 aromatic heterocycles. The van der Waals surface area contributed by atoms with Crippen LogP contribution in [0.25, 0.3) is 0 Å². The molecule has 2 radical (unpaired) electrons. The Balaban J connectivity index is 2.07. The van der Waals surface area contributed by atoms with Gasteiger partial charge < -0.3 is 5.11 Å². The third-order valence-electron chi connectivity index (χ3n) is 3.30. The van der Waals surface area contributed by atoms with Gasteiger partial charge in [0.25, 0.3) is 0 Å². The second-order valence-electron chi connectivity index (χ2n) is 4.39. The van der Waals surface area contributed by atoms with Gasteiger partial charge in [-0.05, 0) is 42.5 Å². The lowest BCUT2D eigenvalue weighted by molar-refractivity contribution is 0.0487. The van der Waals surface area contributed by atoms with Crippen molar-refractivity contribution >= 4 is 19.4 Å². The van der Waals surface area contributed by atoms with E-state index in [9.17, 15) is 9.50 Å². The van der Waals surface area contributed by atoms with E-state index in [1.54, 1.807) is 11.0 Å². The molecule has 0 saturated carbocycles. The number of aliphatic hydroxyl groups is 1. The fraction of sp³-hybridized carbons (Fsp3) is 0.500. The van der Waals surface area contributed by atoms with E-state index < -0.39 is 6.13 Å². The van der Waals surface area contributed by atoms with Crippen molar-refractivity contribution in [1.82, 2.24) is 4.90 Å². The molecule has 1 fully saturated rings. The Labute approximate surface area is 107 Å². The average Bonchev–Trinajstić information content (AvgIpc) is 2.32. The first-order valence-corrected chi connectivity index (χ1v) is 6.08. The molecule has 2 nitrogen and oxygen atoms in total. The number of hydrogen-bond acceptors (Lipinski definition) is 2. The van der Waals surface area contributed by atoms with Crippen molar-refractivity contribution in [3.8, 4) is 0 Å². The standard InChI is InChI=1S/C12H14BClFNO/c13-12(17)16-5-3-8(4-6-16)10-7-9(15)1-2-11(10)14/h1-2,7-8,12,17H,3-6H2. The molecule has 1 aromatic carbocycles. The van der Waals surface area contributed by atoms with Crippen molar-refractivity contribution in [3.05, 3.63) is 34.6 Å². The molecule has 0 aliphatic carbocycles. The van der Waals surface area contributed by atoms with E-state index in [-0.39, 0.29) is 11.7 Å². The predicted molar refractivity (Wildman–Crippen MR) is 66.7 cm³/mol. The maximum atomic E-state index is 13.2. The second kappa shape index (κ2) is 5.38. The Hall–Kier alpha value is -0.575. The van der Waals surface area contributed by atoms with Crippen molar-refractivity contribution in [2.45, 2.75) is 24.9 Å². The summed E-state index contributed by atoms with van der Waals surface area (Å²) in [5.74, 6) is -0.0149. The first kappa shape index (κ1) is 12.9. The summed E-state index contributed by atoms with van der Waals surface area (Å²) in [5, 5.41) is 9.86. The van der Waals surface area contributed by atoms with Crippen LogP contribution in [0.5, 0.6) is 0 Å². The van der Waals surface area contributed by atoms with E-state index in [0.717, 1.165) is 18.4 Å². The summed E-state index contributed by atoms with van der Waals surface area (Å²) in [6.45, 7) is 1.41. The lowest BCUT2D eigenvalue weighted by Gasteiger charge is -2.34. The molecule has 0 bridgehead atoms. The van der Waals surface area contributed by atoms with E-state index in [2.05, 4.69) is 0 Å². The average molecular weight is 254 g/mol. The van der Waals surface area contributed by atoms with Crippen molar-refractivity contribution in [2.24, 2.45) is 0 Å². The minimum Gasteiger partial charge on any atom is -0.388 e. The Morgan fingerprint density at radius 1 is 1.41 bits per heavy atom.